The number of hydrogen-bond acceptors (Lipinski definition) is 1. The second kappa shape index (κ2) is 5.08. The van der Waals surface area contributed by atoms with E-state index in [4.69, 9.17) is 0 Å². The summed E-state index contributed by atoms with van der Waals surface area (Å²) in [5.41, 5.74) is 1.07. The minimum Gasteiger partial charge on any atom is -0.316 e. The van der Waals surface area contributed by atoms with Crippen molar-refractivity contribution in [3.8, 4) is 0 Å². The van der Waals surface area contributed by atoms with Crippen molar-refractivity contribution in [3.05, 3.63) is 0 Å². The molecule has 1 nitrogen and oxygen atoms in total. The summed E-state index contributed by atoms with van der Waals surface area (Å²) in [4.78, 5) is 0. The van der Waals surface area contributed by atoms with Crippen molar-refractivity contribution in [1.82, 2.24) is 5.32 Å². The van der Waals surface area contributed by atoms with Crippen molar-refractivity contribution in [3.63, 3.8) is 0 Å². The molecule has 98 valence electrons. The van der Waals surface area contributed by atoms with Gasteiger partial charge in [0.15, 0.2) is 0 Å². The van der Waals surface area contributed by atoms with Crippen LogP contribution in [0.2, 0.25) is 0 Å². The average molecular weight is 227 g/mol. The summed E-state index contributed by atoms with van der Waals surface area (Å²) in [5.74, 6) is 0.720. The van der Waals surface area contributed by atoms with Crippen LogP contribution in [0.15, 0.2) is 0 Å². The van der Waals surface area contributed by atoms with E-state index < -0.39 is 0 Å². The monoisotopic (exact) mass is 227 g/mol. The Kier molecular flexibility index (Phi) is 5.07. The van der Waals surface area contributed by atoms with Crippen molar-refractivity contribution in [2.24, 2.45) is 22.2 Å². The van der Waals surface area contributed by atoms with E-state index in [1.54, 1.807) is 0 Å². The van der Waals surface area contributed by atoms with E-state index in [2.05, 4.69) is 67.6 Å². The van der Waals surface area contributed by atoms with E-state index in [9.17, 15) is 0 Å². The van der Waals surface area contributed by atoms with Gasteiger partial charge in [-0.1, -0.05) is 62.3 Å². The first-order valence-electron chi connectivity index (χ1n) is 6.61. The van der Waals surface area contributed by atoms with Gasteiger partial charge in [-0.15, -0.1) is 0 Å². The predicted octanol–water partition coefficient (Wildman–Crippen LogP) is 4.33. The molecule has 0 atom stereocenters. The fourth-order valence-electron chi connectivity index (χ4n) is 1.17. The molecule has 0 aliphatic rings. The van der Waals surface area contributed by atoms with Crippen LogP contribution in [0.25, 0.3) is 0 Å². The van der Waals surface area contributed by atoms with Crippen molar-refractivity contribution in [2.75, 3.05) is 13.1 Å². The zero-order valence-corrected chi connectivity index (χ0v) is 13.0. The molecule has 0 aliphatic carbocycles. The summed E-state index contributed by atoms with van der Waals surface area (Å²) in [6, 6.07) is 0. The first-order chi connectivity index (χ1) is 6.90. The summed E-state index contributed by atoms with van der Waals surface area (Å²) in [6.45, 7) is 23.1. The third kappa shape index (κ3) is 4.45. The standard InChI is InChI=1S/C15H33N/c1-12(2)14(6,7)10-16-11-15(8,9)13(3,4)5/h12,16H,10-11H2,1-9H3. The van der Waals surface area contributed by atoms with E-state index in [1.165, 1.54) is 0 Å². The minimum absolute atomic E-state index is 0.333. The first kappa shape index (κ1) is 16.0. The molecule has 1 heteroatoms. The highest BCUT2D eigenvalue weighted by Gasteiger charge is 2.33. The fourth-order valence-corrected chi connectivity index (χ4v) is 1.17. The summed E-state index contributed by atoms with van der Waals surface area (Å²) in [7, 11) is 0. The number of nitrogens with one attached hydrogen (secondary N) is 1. The topological polar surface area (TPSA) is 12.0 Å². The zero-order valence-electron chi connectivity index (χ0n) is 13.0. The lowest BCUT2D eigenvalue weighted by Crippen LogP contribution is -2.43. The molecule has 16 heavy (non-hydrogen) atoms. The van der Waals surface area contributed by atoms with Gasteiger partial charge in [0.2, 0.25) is 0 Å². The van der Waals surface area contributed by atoms with E-state index in [-0.39, 0.29) is 0 Å². The maximum Gasteiger partial charge on any atom is 0.000775 e. The lowest BCUT2D eigenvalue weighted by Gasteiger charge is -2.40. The van der Waals surface area contributed by atoms with Crippen LogP contribution >= 0.6 is 0 Å². The zero-order chi connectivity index (χ0) is 13.2. The third-order valence-electron chi connectivity index (χ3n) is 4.74. The molecule has 0 heterocycles. The molecule has 0 aliphatic heterocycles. The van der Waals surface area contributed by atoms with E-state index >= 15 is 0 Å². The van der Waals surface area contributed by atoms with E-state index in [0.29, 0.717) is 16.2 Å². The Morgan fingerprint density at radius 1 is 0.812 bits per heavy atom. The molecule has 0 saturated carbocycles. The summed E-state index contributed by atoms with van der Waals surface area (Å²) < 4.78 is 0. The Labute approximate surface area is 103 Å². The molecular formula is C15H33N. The molecule has 0 unspecified atom stereocenters. The maximum atomic E-state index is 3.65. The summed E-state index contributed by atoms with van der Waals surface area (Å²) >= 11 is 0. The number of rotatable bonds is 5. The Morgan fingerprint density at radius 2 is 1.25 bits per heavy atom. The molecule has 0 radical (unpaired) electrons. The van der Waals surface area contributed by atoms with Crippen molar-refractivity contribution in [2.45, 2.75) is 62.3 Å². The lowest BCUT2D eigenvalue weighted by molar-refractivity contribution is 0.119. The Bertz CT molecular complexity index is 206. The minimum atomic E-state index is 0.333. The van der Waals surface area contributed by atoms with E-state index in [0.717, 1.165) is 19.0 Å². The molecule has 0 fully saturated rings. The molecule has 0 amide bonds. The van der Waals surface area contributed by atoms with Gasteiger partial charge in [0, 0.05) is 13.1 Å². The number of hydrogen-bond donors (Lipinski definition) is 1. The summed E-state index contributed by atoms with van der Waals surface area (Å²) in [5, 5.41) is 3.65. The Hall–Kier alpha value is -0.0400. The smallest absolute Gasteiger partial charge is 0.000775 e. The van der Waals surface area contributed by atoms with Crippen LogP contribution < -0.4 is 5.32 Å². The quantitative estimate of drug-likeness (QED) is 0.737. The molecule has 0 rings (SSSR count). The second-order valence-corrected chi connectivity index (χ2v) is 7.88. The second-order valence-electron chi connectivity index (χ2n) is 7.88. The van der Waals surface area contributed by atoms with Crippen LogP contribution in [-0.2, 0) is 0 Å². The van der Waals surface area contributed by atoms with Crippen LogP contribution in [0, 0.1) is 22.2 Å². The van der Waals surface area contributed by atoms with Gasteiger partial charge >= 0.3 is 0 Å². The fraction of sp³-hybridized carbons (Fsp3) is 1.00. The SMILES string of the molecule is CC(C)C(C)(C)CNCC(C)(C)C(C)(C)C. The molecule has 0 bridgehead atoms. The normalized spacial score (nSPS) is 14.6. The first-order valence-corrected chi connectivity index (χ1v) is 6.61. The molecule has 0 aromatic rings. The van der Waals surface area contributed by atoms with Gasteiger partial charge in [-0.2, -0.15) is 0 Å². The molecular weight excluding hydrogens is 194 g/mol. The van der Waals surface area contributed by atoms with Crippen LogP contribution in [0.1, 0.15) is 62.3 Å². The maximum absolute atomic E-state index is 3.65. The van der Waals surface area contributed by atoms with Gasteiger partial charge in [-0.3, -0.25) is 0 Å². The molecule has 0 spiro atoms. The summed E-state index contributed by atoms with van der Waals surface area (Å²) in [6.07, 6.45) is 0. The highest BCUT2D eigenvalue weighted by Crippen LogP contribution is 2.37. The third-order valence-corrected chi connectivity index (χ3v) is 4.74. The van der Waals surface area contributed by atoms with Gasteiger partial charge in [-0.25, -0.2) is 0 Å². The highest BCUT2D eigenvalue weighted by molar-refractivity contribution is 4.85. The van der Waals surface area contributed by atoms with E-state index in [1.807, 2.05) is 0 Å². The van der Waals surface area contributed by atoms with Crippen LogP contribution in [0.4, 0.5) is 0 Å². The largest absolute Gasteiger partial charge is 0.316 e. The van der Waals surface area contributed by atoms with Crippen molar-refractivity contribution >= 4 is 0 Å². The average Bonchev–Trinajstić information content (AvgIpc) is 2.00. The molecule has 0 aromatic carbocycles. The van der Waals surface area contributed by atoms with Crippen LogP contribution in [-0.4, -0.2) is 13.1 Å². The van der Waals surface area contributed by atoms with Crippen LogP contribution in [0.3, 0.4) is 0 Å². The van der Waals surface area contributed by atoms with Gasteiger partial charge in [0.25, 0.3) is 0 Å². The molecule has 1 N–H and O–H groups in total. The van der Waals surface area contributed by atoms with Gasteiger partial charge < -0.3 is 5.32 Å². The van der Waals surface area contributed by atoms with Gasteiger partial charge in [0.05, 0.1) is 0 Å². The predicted molar refractivity (Wildman–Crippen MR) is 74.7 cm³/mol. The van der Waals surface area contributed by atoms with Crippen molar-refractivity contribution < 1.29 is 0 Å². The van der Waals surface area contributed by atoms with Gasteiger partial charge in [0.1, 0.15) is 0 Å². The molecule has 0 aromatic heterocycles. The van der Waals surface area contributed by atoms with Crippen LogP contribution in [0.5, 0.6) is 0 Å². The van der Waals surface area contributed by atoms with Gasteiger partial charge in [-0.05, 0) is 22.2 Å². The lowest BCUT2D eigenvalue weighted by atomic mass is 9.69. The Balaban J connectivity index is 4.19. The molecule has 0 saturated heterocycles. The highest BCUT2D eigenvalue weighted by atomic mass is 14.9. The van der Waals surface area contributed by atoms with Crippen molar-refractivity contribution in [1.29, 1.82) is 0 Å². The Morgan fingerprint density at radius 3 is 1.56 bits per heavy atom.